The van der Waals surface area contributed by atoms with Crippen molar-refractivity contribution in [1.82, 2.24) is 14.8 Å². The minimum absolute atomic E-state index is 0.136. The summed E-state index contributed by atoms with van der Waals surface area (Å²) < 4.78 is 38.3. The molecule has 20 heavy (non-hydrogen) atoms. The quantitative estimate of drug-likeness (QED) is 0.816. The molecule has 0 amide bonds. The second-order valence-corrected chi connectivity index (χ2v) is 7.15. The zero-order chi connectivity index (χ0) is 15.1. The van der Waals surface area contributed by atoms with Gasteiger partial charge in [0.15, 0.2) is 5.82 Å². The molecule has 0 aliphatic heterocycles. The van der Waals surface area contributed by atoms with Crippen LogP contribution >= 0.6 is 10.7 Å². The molecular formula is C12H13ClFN3O2S. The Labute approximate surface area is 120 Å². The number of halogens is 2. The predicted octanol–water partition coefficient (Wildman–Crippen LogP) is 2.90. The molecule has 5 nitrogen and oxygen atoms in total. The molecule has 0 spiro atoms. The maximum Gasteiger partial charge on any atom is 0.296 e. The van der Waals surface area contributed by atoms with Crippen molar-refractivity contribution in [3.05, 3.63) is 29.6 Å². The van der Waals surface area contributed by atoms with Crippen molar-refractivity contribution in [2.45, 2.75) is 32.0 Å². The number of nitrogens with zero attached hydrogens (tertiary/aromatic N) is 3. The molecule has 2 aromatic rings. The summed E-state index contributed by atoms with van der Waals surface area (Å²) in [6.07, 6.45) is 0. The van der Waals surface area contributed by atoms with Crippen LogP contribution in [0.3, 0.4) is 0 Å². The van der Waals surface area contributed by atoms with Crippen LogP contribution in [0.4, 0.5) is 4.39 Å². The van der Waals surface area contributed by atoms with Gasteiger partial charge in [0.1, 0.15) is 5.82 Å². The standard InChI is InChI=1S/C12H13ClFN3O2S/c1-7(2)17-11(15-16-12(17)20(13,18)19)9-5-4-8(3)6-10(9)14/h4-7H,1-3H3. The Bertz CT molecular complexity index is 756. The van der Waals surface area contributed by atoms with E-state index in [4.69, 9.17) is 10.7 Å². The lowest BCUT2D eigenvalue weighted by Gasteiger charge is -2.13. The lowest BCUT2D eigenvalue weighted by molar-refractivity contribution is 0.528. The number of rotatable bonds is 3. The van der Waals surface area contributed by atoms with Crippen molar-refractivity contribution >= 4 is 19.7 Å². The lowest BCUT2D eigenvalue weighted by atomic mass is 10.1. The third-order valence-electron chi connectivity index (χ3n) is 2.76. The van der Waals surface area contributed by atoms with Crippen molar-refractivity contribution in [2.24, 2.45) is 0 Å². The molecule has 0 saturated carbocycles. The minimum atomic E-state index is -4.05. The fraction of sp³-hybridized carbons (Fsp3) is 0.333. The van der Waals surface area contributed by atoms with Crippen LogP contribution in [0.15, 0.2) is 23.4 Å². The molecule has 0 atom stereocenters. The van der Waals surface area contributed by atoms with Crippen LogP contribution in [-0.4, -0.2) is 23.2 Å². The van der Waals surface area contributed by atoms with Gasteiger partial charge >= 0.3 is 0 Å². The van der Waals surface area contributed by atoms with E-state index in [1.807, 2.05) is 0 Å². The monoisotopic (exact) mass is 317 g/mol. The van der Waals surface area contributed by atoms with E-state index in [1.54, 1.807) is 26.8 Å². The molecule has 108 valence electrons. The van der Waals surface area contributed by atoms with Crippen LogP contribution in [0.1, 0.15) is 25.5 Å². The topological polar surface area (TPSA) is 64.8 Å². The smallest absolute Gasteiger partial charge is 0.294 e. The molecule has 0 unspecified atom stereocenters. The molecule has 0 aliphatic carbocycles. The van der Waals surface area contributed by atoms with E-state index in [2.05, 4.69) is 10.2 Å². The summed E-state index contributed by atoms with van der Waals surface area (Å²) in [4.78, 5) is 0. The zero-order valence-electron chi connectivity index (χ0n) is 11.1. The highest BCUT2D eigenvalue weighted by Gasteiger charge is 2.26. The minimum Gasteiger partial charge on any atom is -0.294 e. The van der Waals surface area contributed by atoms with Crippen molar-refractivity contribution in [3.63, 3.8) is 0 Å². The van der Waals surface area contributed by atoms with Crippen molar-refractivity contribution in [1.29, 1.82) is 0 Å². The Morgan fingerprint density at radius 3 is 2.45 bits per heavy atom. The summed E-state index contributed by atoms with van der Waals surface area (Å²) in [6, 6.07) is 4.32. The predicted molar refractivity (Wildman–Crippen MR) is 73.6 cm³/mol. The second kappa shape index (κ2) is 5.14. The van der Waals surface area contributed by atoms with E-state index in [-0.39, 0.29) is 22.6 Å². The maximum atomic E-state index is 14.0. The van der Waals surface area contributed by atoms with E-state index in [0.29, 0.717) is 0 Å². The number of benzene rings is 1. The van der Waals surface area contributed by atoms with Gasteiger partial charge in [0.2, 0.25) is 0 Å². The molecule has 0 saturated heterocycles. The van der Waals surface area contributed by atoms with Gasteiger partial charge in [0.05, 0.1) is 5.56 Å². The second-order valence-electron chi connectivity index (χ2n) is 4.69. The van der Waals surface area contributed by atoms with Crippen molar-refractivity contribution in [2.75, 3.05) is 0 Å². The first-order valence-electron chi connectivity index (χ1n) is 5.88. The first kappa shape index (κ1) is 14.9. The average Bonchev–Trinajstić information content (AvgIpc) is 2.72. The Morgan fingerprint density at radius 1 is 1.30 bits per heavy atom. The Hall–Kier alpha value is -1.47. The third-order valence-corrected chi connectivity index (χ3v) is 3.89. The van der Waals surface area contributed by atoms with Gasteiger partial charge in [-0.25, -0.2) is 12.8 Å². The Balaban J connectivity index is 2.73. The van der Waals surface area contributed by atoms with Crippen molar-refractivity contribution in [3.8, 4) is 11.4 Å². The van der Waals surface area contributed by atoms with Gasteiger partial charge < -0.3 is 0 Å². The van der Waals surface area contributed by atoms with Gasteiger partial charge in [-0.3, -0.25) is 4.57 Å². The van der Waals surface area contributed by atoms with Crippen molar-refractivity contribution < 1.29 is 12.8 Å². The third kappa shape index (κ3) is 2.69. The highest BCUT2D eigenvalue weighted by Crippen LogP contribution is 2.28. The zero-order valence-corrected chi connectivity index (χ0v) is 12.7. The fourth-order valence-corrected chi connectivity index (χ4v) is 2.88. The molecule has 0 fully saturated rings. The lowest BCUT2D eigenvalue weighted by Crippen LogP contribution is -2.10. The van der Waals surface area contributed by atoms with Gasteiger partial charge in [-0.15, -0.1) is 10.2 Å². The average molecular weight is 318 g/mol. The van der Waals surface area contributed by atoms with E-state index in [9.17, 15) is 12.8 Å². The van der Waals surface area contributed by atoms with Crippen LogP contribution in [0.2, 0.25) is 0 Å². The summed E-state index contributed by atoms with van der Waals surface area (Å²) in [7, 11) is 1.28. The Kier molecular flexibility index (Phi) is 3.84. The molecule has 0 N–H and O–H groups in total. The molecule has 1 aromatic carbocycles. The van der Waals surface area contributed by atoms with Crippen LogP contribution in [-0.2, 0) is 9.05 Å². The van der Waals surface area contributed by atoms with E-state index >= 15 is 0 Å². The van der Waals surface area contributed by atoms with Gasteiger partial charge in [-0.1, -0.05) is 6.07 Å². The van der Waals surface area contributed by atoms with Gasteiger partial charge in [-0.05, 0) is 38.5 Å². The van der Waals surface area contributed by atoms with Crippen LogP contribution in [0.5, 0.6) is 0 Å². The van der Waals surface area contributed by atoms with Crippen LogP contribution in [0.25, 0.3) is 11.4 Å². The molecule has 1 aromatic heterocycles. The summed E-state index contributed by atoms with van der Waals surface area (Å²) in [5.74, 6) is -0.352. The normalized spacial score (nSPS) is 12.1. The largest absolute Gasteiger partial charge is 0.296 e. The number of hydrogen-bond acceptors (Lipinski definition) is 4. The van der Waals surface area contributed by atoms with Gasteiger partial charge in [0.25, 0.3) is 14.2 Å². The molecule has 1 heterocycles. The molecular weight excluding hydrogens is 305 g/mol. The maximum absolute atomic E-state index is 14.0. The Morgan fingerprint density at radius 2 is 1.95 bits per heavy atom. The number of hydrogen-bond donors (Lipinski definition) is 0. The highest BCUT2D eigenvalue weighted by molar-refractivity contribution is 8.13. The van der Waals surface area contributed by atoms with E-state index < -0.39 is 14.9 Å². The van der Waals surface area contributed by atoms with Crippen LogP contribution < -0.4 is 0 Å². The first-order valence-corrected chi connectivity index (χ1v) is 8.19. The number of aryl methyl sites for hydroxylation is 1. The summed E-state index contributed by atoms with van der Waals surface area (Å²) in [6.45, 7) is 5.24. The molecule has 8 heteroatoms. The fourth-order valence-electron chi connectivity index (χ4n) is 1.89. The van der Waals surface area contributed by atoms with E-state index in [1.165, 1.54) is 16.7 Å². The molecule has 0 bridgehead atoms. The summed E-state index contributed by atoms with van der Waals surface area (Å²) in [5.41, 5.74) is 0.940. The molecule has 0 radical (unpaired) electrons. The molecule has 2 rings (SSSR count). The number of aromatic nitrogens is 3. The summed E-state index contributed by atoms with van der Waals surface area (Å²) in [5, 5.41) is 6.96. The summed E-state index contributed by atoms with van der Waals surface area (Å²) >= 11 is 0. The SMILES string of the molecule is Cc1ccc(-c2nnc(S(=O)(=O)Cl)n2C(C)C)c(F)c1. The van der Waals surface area contributed by atoms with E-state index in [0.717, 1.165) is 5.56 Å². The van der Waals surface area contributed by atoms with Gasteiger partial charge in [-0.2, -0.15) is 0 Å². The van der Waals surface area contributed by atoms with Crippen LogP contribution in [0, 0.1) is 12.7 Å². The molecule has 0 aliphatic rings. The van der Waals surface area contributed by atoms with Gasteiger partial charge in [0, 0.05) is 16.7 Å². The highest BCUT2D eigenvalue weighted by atomic mass is 35.7. The first-order chi connectivity index (χ1) is 9.21.